The third-order valence-electron chi connectivity index (χ3n) is 3.81. The molecule has 0 aliphatic rings. The number of aryl methyl sites for hydroxylation is 1. The molecule has 0 aliphatic carbocycles. The van der Waals surface area contributed by atoms with E-state index in [0.717, 1.165) is 25.9 Å². The van der Waals surface area contributed by atoms with Gasteiger partial charge in [-0.2, -0.15) is 0 Å². The summed E-state index contributed by atoms with van der Waals surface area (Å²) >= 11 is 0. The van der Waals surface area contributed by atoms with Crippen molar-refractivity contribution in [2.45, 2.75) is 19.8 Å². The van der Waals surface area contributed by atoms with Crippen molar-refractivity contribution in [3.05, 3.63) is 36.0 Å². The van der Waals surface area contributed by atoms with Gasteiger partial charge in [0.05, 0.1) is 0 Å². The molecule has 0 saturated heterocycles. The smallest absolute Gasteiger partial charge is 0.243 e. The number of nitrogens with zero attached hydrogens (tertiary/aromatic N) is 2. The number of fused-ring (bicyclic) bond motifs is 1. The summed E-state index contributed by atoms with van der Waals surface area (Å²) in [5.74, 6) is 0.678. The number of benzene rings is 1. The summed E-state index contributed by atoms with van der Waals surface area (Å²) in [6.45, 7) is 3.74. The van der Waals surface area contributed by atoms with E-state index >= 15 is 0 Å². The monoisotopic (exact) mass is 329 g/mol. The largest absolute Gasteiger partial charge is 0.361 e. The second-order valence-electron chi connectivity index (χ2n) is 5.87. The van der Waals surface area contributed by atoms with Crippen LogP contribution in [0.5, 0.6) is 0 Å². The normalized spacial score (nSPS) is 11.5. The number of guanidine groups is 1. The Bertz CT molecular complexity index is 690. The Balaban J connectivity index is 1.82. The van der Waals surface area contributed by atoms with Crippen molar-refractivity contribution in [2.24, 2.45) is 4.99 Å². The molecule has 24 heavy (non-hydrogen) atoms. The summed E-state index contributed by atoms with van der Waals surface area (Å²) in [7, 11) is 3.47. The van der Waals surface area contributed by atoms with Gasteiger partial charge in [-0.1, -0.05) is 18.2 Å². The molecular formula is C18H27N5O. The van der Waals surface area contributed by atoms with E-state index < -0.39 is 0 Å². The van der Waals surface area contributed by atoms with E-state index in [1.54, 1.807) is 19.0 Å². The van der Waals surface area contributed by atoms with Crippen molar-refractivity contribution < 1.29 is 4.79 Å². The highest BCUT2D eigenvalue weighted by atomic mass is 16.2. The molecule has 0 aliphatic heterocycles. The van der Waals surface area contributed by atoms with Crippen LogP contribution in [-0.2, 0) is 11.2 Å². The molecule has 0 bridgehead atoms. The van der Waals surface area contributed by atoms with E-state index in [2.05, 4.69) is 45.0 Å². The molecule has 1 heterocycles. The van der Waals surface area contributed by atoms with Gasteiger partial charge in [0.2, 0.25) is 5.91 Å². The van der Waals surface area contributed by atoms with E-state index in [4.69, 9.17) is 0 Å². The van der Waals surface area contributed by atoms with Crippen LogP contribution in [0.1, 0.15) is 18.9 Å². The number of rotatable bonds is 7. The summed E-state index contributed by atoms with van der Waals surface area (Å²) in [6, 6.07) is 8.34. The van der Waals surface area contributed by atoms with Gasteiger partial charge in [0.25, 0.3) is 0 Å². The zero-order valence-electron chi connectivity index (χ0n) is 14.7. The predicted molar refractivity (Wildman–Crippen MR) is 99.3 cm³/mol. The van der Waals surface area contributed by atoms with Crippen LogP contribution in [0.15, 0.2) is 35.5 Å². The first-order valence-electron chi connectivity index (χ1n) is 8.39. The van der Waals surface area contributed by atoms with E-state index in [1.807, 2.05) is 13.0 Å². The zero-order valence-corrected chi connectivity index (χ0v) is 14.7. The van der Waals surface area contributed by atoms with Gasteiger partial charge in [-0.3, -0.25) is 4.79 Å². The van der Waals surface area contributed by atoms with Crippen molar-refractivity contribution in [2.75, 3.05) is 33.7 Å². The van der Waals surface area contributed by atoms with Gasteiger partial charge in [-0.15, -0.1) is 0 Å². The average Bonchev–Trinajstić information content (AvgIpc) is 2.99. The van der Waals surface area contributed by atoms with Gasteiger partial charge < -0.3 is 20.5 Å². The second-order valence-corrected chi connectivity index (χ2v) is 5.87. The van der Waals surface area contributed by atoms with E-state index in [9.17, 15) is 4.79 Å². The SMILES string of the molecule is CCNC(=NCC(=O)N(C)C)NCCCc1c[nH]c2ccccc12. The van der Waals surface area contributed by atoms with Crippen LogP contribution in [0.2, 0.25) is 0 Å². The van der Waals surface area contributed by atoms with Gasteiger partial charge in [0.1, 0.15) is 6.54 Å². The molecule has 1 aromatic carbocycles. The van der Waals surface area contributed by atoms with Gasteiger partial charge >= 0.3 is 0 Å². The van der Waals surface area contributed by atoms with Crippen LogP contribution in [0.25, 0.3) is 10.9 Å². The van der Waals surface area contributed by atoms with Crippen molar-refractivity contribution >= 4 is 22.8 Å². The number of H-pyrrole nitrogens is 1. The fourth-order valence-electron chi connectivity index (χ4n) is 2.45. The number of hydrogen-bond acceptors (Lipinski definition) is 2. The highest BCUT2D eigenvalue weighted by molar-refractivity contribution is 5.85. The number of carbonyl (C=O) groups is 1. The Morgan fingerprint density at radius 2 is 2.04 bits per heavy atom. The lowest BCUT2D eigenvalue weighted by molar-refractivity contribution is -0.127. The standard InChI is InChI=1S/C18H27N5O/c1-4-19-18(22-13-17(24)23(2)3)20-11-7-8-14-12-21-16-10-6-5-9-15(14)16/h5-6,9-10,12,21H,4,7-8,11,13H2,1-3H3,(H2,19,20,22). The summed E-state index contributed by atoms with van der Waals surface area (Å²) in [4.78, 5) is 20.8. The van der Waals surface area contributed by atoms with E-state index in [0.29, 0.717) is 5.96 Å². The summed E-state index contributed by atoms with van der Waals surface area (Å²) in [5, 5.41) is 7.73. The molecular weight excluding hydrogens is 302 g/mol. The molecule has 6 nitrogen and oxygen atoms in total. The Morgan fingerprint density at radius 1 is 1.25 bits per heavy atom. The minimum absolute atomic E-state index is 0.00834. The van der Waals surface area contributed by atoms with Crippen molar-refractivity contribution in [3.63, 3.8) is 0 Å². The topological polar surface area (TPSA) is 72.5 Å². The van der Waals surface area contributed by atoms with Gasteiger partial charge in [-0.05, 0) is 31.4 Å². The summed E-state index contributed by atoms with van der Waals surface area (Å²) in [6.07, 6.45) is 4.07. The number of carbonyl (C=O) groups excluding carboxylic acids is 1. The quantitative estimate of drug-likeness (QED) is 0.412. The molecule has 0 atom stereocenters. The molecule has 6 heteroatoms. The molecule has 130 valence electrons. The van der Waals surface area contributed by atoms with Crippen LogP contribution in [0.4, 0.5) is 0 Å². The average molecular weight is 329 g/mol. The lowest BCUT2D eigenvalue weighted by Gasteiger charge is -2.12. The predicted octanol–water partition coefficient (Wildman–Crippen LogP) is 1.74. The molecule has 1 aromatic heterocycles. The Labute approximate surface area is 143 Å². The number of aliphatic imine (C=N–C) groups is 1. The third kappa shape index (κ3) is 5.01. The number of hydrogen-bond donors (Lipinski definition) is 3. The Morgan fingerprint density at radius 3 is 2.79 bits per heavy atom. The van der Waals surface area contributed by atoms with Crippen molar-refractivity contribution in [3.8, 4) is 0 Å². The van der Waals surface area contributed by atoms with Crippen LogP contribution >= 0.6 is 0 Å². The maximum atomic E-state index is 11.6. The molecule has 0 saturated carbocycles. The highest BCUT2D eigenvalue weighted by Crippen LogP contribution is 2.18. The van der Waals surface area contributed by atoms with Crippen molar-refractivity contribution in [1.82, 2.24) is 20.5 Å². The number of para-hydroxylation sites is 1. The van der Waals surface area contributed by atoms with E-state index in [1.165, 1.54) is 16.5 Å². The third-order valence-corrected chi connectivity index (χ3v) is 3.81. The minimum Gasteiger partial charge on any atom is -0.361 e. The Kier molecular flexibility index (Phi) is 6.66. The fraction of sp³-hybridized carbons (Fsp3) is 0.444. The van der Waals surface area contributed by atoms with Crippen molar-refractivity contribution in [1.29, 1.82) is 0 Å². The number of nitrogens with one attached hydrogen (secondary N) is 3. The van der Waals surface area contributed by atoms with Gasteiger partial charge in [0, 0.05) is 44.3 Å². The molecule has 0 radical (unpaired) electrons. The number of amides is 1. The number of aromatic amines is 1. The summed E-state index contributed by atoms with van der Waals surface area (Å²) < 4.78 is 0. The Hall–Kier alpha value is -2.50. The first-order chi connectivity index (χ1) is 11.6. The molecule has 3 N–H and O–H groups in total. The second kappa shape index (κ2) is 8.96. The van der Waals surface area contributed by atoms with Crippen LogP contribution < -0.4 is 10.6 Å². The molecule has 1 amide bonds. The lowest BCUT2D eigenvalue weighted by Crippen LogP contribution is -2.39. The van der Waals surface area contributed by atoms with E-state index in [-0.39, 0.29) is 12.5 Å². The minimum atomic E-state index is -0.00834. The van der Waals surface area contributed by atoms with Crippen LogP contribution in [0.3, 0.4) is 0 Å². The van der Waals surface area contributed by atoms with Gasteiger partial charge in [0.15, 0.2) is 5.96 Å². The maximum absolute atomic E-state index is 11.6. The first-order valence-corrected chi connectivity index (χ1v) is 8.39. The highest BCUT2D eigenvalue weighted by Gasteiger charge is 2.05. The molecule has 0 unspecified atom stereocenters. The molecule has 0 fully saturated rings. The zero-order chi connectivity index (χ0) is 17.4. The number of likely N-dealkylation sites (N-methyl/N-ethyl adjacent to an activating group) is 1. The fourth-order valence-corrected chi connectivity index (χ4v) is 2.45. The first kappa shape index (κ1) is 17.8. The molecule has 0 spiro atoms. The van der Waals surface area contributed by atoms with Gasteiger partial charge in [-0.25, -0.2) is 4.99 Å². The molecule has 2 aromatic rings. The van der Waals surface area contributed by atoms with Crippen LogP contribution in [-0.4, -0.2) is 55.5 Å². The number of aromatic nitrogens is 1. The lowest BCUT2D eigenvalue weighted by atomic mass is 10.1. The summed E-state index contributed by atoms with van der Waals surface area (Å²) in [5.41, 5.74) is 2.51. The molecule has 2 rings (SSSR count). The van der Waals surface area contributed by atoms with Crippen LogP contribution in [0, 0.1) is 0 Å². The maximum Gasteiger partial charge on any atom is 0.243 e.